The number of carboxylic acid groups (broad SMARTS) is 1. The molecule has 1 amide bonds. The first kappa shape index (κ1) is 15.9. The summed E-state index contributed by atoms with van der Waals surface area (Å²) in [5.41, 5.74) is 0. The summed E-state index contributed by atoms with van der Waals surface area (Å²) in [5, 5.41) is 11.4. The summed E-state index contributed by atoms with van der Waals surface area (Å²) in [6.45, 7) is 5.52. The molecule has 0 aromatic heterocycles. The lowest BCUT2D eigenvalue weighted by Crippen LogP contribution is -2.43. The zero-order valence-electron chi connectivity index (χ0n) is 10.7. The largest absolute Gasteiger partial charge is 0.481 e. The SMILES string of the molecule is CCN(CC(=O)NCCOC)C(C)CC(=O)O. The van der Waals surface area contributed by atoms with Crippen LogP contribution in [0.2, 0.25) is 0 Å². The summed E-state index contributed by atoms with van der Waals surface area (Å²) in [5.74, 6) is -0.961. The van der Waals surface area contributed by atoms with E-state index in [4.69, 9.17) is 9.84 Å². The number of amides is 1. The van der Waals surface area contributed by atoms with E-state index < -0.39 is 5.97 Å². The molecule has 0 saturated heterocycles. The van der Waals surface area contributed by atoms with E-state index in [-0.39, 0.29) is 24.9 Å². The zero-order chi connectivity index (χ0) is 13.3. The van der Waals surface area contributed by atoms with Gasteiger partial charge in [-0.05, 0) is 13.5 Å². The number of hydrogen-bond acceptors (Lipinski definition) is 4. The number of ether oxygens (including phenoxy) is 1. The molecule has 6 nitrogen and oxygen atoms in total. The number of carbonyl (C=O) groups excluding carboxylic acids is 1. The molecular weight excluding hydrogens is 224 g/mol. The van der Waals surface area contributed by atoms with Crippen molar-refractivity contribution in [3.8, 4) is 0 Å². The first-order valence-electron chi connectivity index (χ1n) is 5.72. The Labute approximate surface area is 102 Å². The van der Waals surface area contributed by atoms with E-state index in [9.17, 15) is 9.59 Å². The van der Waals surface area contributed by atoms with Crippen molar-refractivity contribution in [3.05, 3.63) is 0 Å². The molecule has 0 saturated carbocycles. The van der Waals surface area contributed by atoms with Gasteiger partial charge < -0.3 is 15.2 Å². The van der Waals surface area contributed by atoms with E-state index in [1.165, 1.54) is 0 Å². The van der Waals surface area contributed by atoms with Crippen LogP contribution < -0.4 is 5.32 Å². The second kappa shape index (κ2) is 8.95. The van der Waals surface area contributed by atoms with Crippen LogP contribution in [-0.4, -0.2) is 61.3 Å². The molecule has 0 aromatic rings. The molecule has 6 heteroatoms. The quantitative estimate of drug-likeness (QED) is 0.557. The number of nitrogens with zero attached hydrogens (tertiary/aromatic N) is 1. The molecule has 0 rings (SSSR count). The third-order valence-electron chi connectivity index (χ3n) is 2.47. The van der Waals surface area contributed by atoms with Gasteiger partial charge in [-0.25, -0.2) is 0 Å². The predicted molar refractivity (Wildman–Crippen MR) is 63.8 cm³/mol. The van der Waals surface area contributed by atoms with Gasteiger partial charge in [-0.2, -0.15) is 0 Å². The third kappa shape index (κ3) is 7.70. The summed E-state index contributed by atoms with van der Waals surface area (Å²) >= 11 is 0. The Morgan fingerprint density at radius 3 is 2.59 bits per heavy atom. The molecule has 0 aliphatic rings. The number of carboxylic acids is 1. The molecule has 2 N–H and O–H groups in total. The van der Waals surface area contributed by atoms with Crippen LogP contribution in [0, 0.1) is 0 Å². The molecule has 0 aliphatic heterocycles. The standard InChI is InChI=1S/C11H22N2O4/c1-4-13(9(2)7-11(15)16)8-10(14)12-5-6-17-3/h9H,4-8H2,1-3H3,(H,12,14)(H,15,16). The van der Waals surface area contributed by atoms with Crippen molar-refractivity contribution in [3.63, 3.8) is 0 Å². The highest BCUT2D eigenvalue weighted by Crippen LogP contribution is 2.02. The van der Waals surface area contributed by atoms with E-state index in [0.717, 1.165) is 0 Å². The van der Waals surface area contributed by atoms with Crippen molar-refractivity contribution >= 4 is 11.9 Å². The van der Waals surface area contributed by atoms with Crippen molar-refractivity contribution in [2.75, 3.05) is 33.4 Å². The van der Waals surface area contributed by atoms with Crippen LogP contribution >= 0.6 is 0 Å². The molecule has 1 unspecified atom stereocenters. The smallest absolute Gasteiger partial charge is 0.304 e. The van der Waals surface area contributed by atoms with Crippen LogP contribution in [0.1, 0.15) is 20.3 Å². The van der Waals surface area contributed by atoms with Crippen molar-refractivity contribution in [1.29, 1.82) is 0 Å². The van der Waals surface area contributed by atoms with E-state index in [0.29, 0.717) is 19.7 Å². The average Bonchev–Trinajstić information content (AvgIpc) is 2.25. The fourth-order valence-electron chi connectivity index (χ4n) is 1.49. The summed E-state index contributed by atoms with van der Waals surface area (Å²) < 4.78 is 4.82. The van der Waals surface area contributed by atoms with Gasteiger partial charge in [-0.1, -0.05) is 6.92 Å². The van der Waals surface area contributed by atoms with Gasteiger partial charge in [0.25, 0.3) is 0 Å². The first-order chi connectivity index (χ1) is 8.01. The highest BCUT2D eigenvalue weighted by atomic mass is 16.5. The Morgan fingerprint density at radius 2 is 2.12 bits per heavy atom. The fourth-order valence-corrected chi connectivity index (χ4v) is 1.49. The Kier molecular flexibility index (Phi) is 8.35. The van der Waals surface area contributed by atoms with Crippen LogP contribution in [-0.2, 0) is 14.3 Å². The van der Waals surface area contributed by atoms with Crippen LogP contribution in [0.4, 0.5) is 0 Å². The summed E-state index contributed by atoms with van der Waals surface area (Å²) in [7, 11) is 1.57. The third-order valence-corrected chi connectivity index (χ3v) is 2.47. The topological polar surface area (TPSA) is 78.9 Å². The van der Waals surface area contributed by atoms with Crippen molar-refractivity contribution in [2.24, 2.45) is 0 Å². The Balaban J connectivity index is 4.02. The molecule has 100 valence electrons. The lowest BCUT2D eigenvalue weighted by Gasteiger charge is -2.25. The Bertz CT molecular complexity index is 246. The van der Waals surface area contributed by atoms with Gasteiger partial charge in [0.05, 0.1) is 19.6 Å². The molecular formula is C11H22N2O4. The maximum atomic E-state index is 11.5. The van der Waals surface area contributed by atoms with Gasteiger partial charge in [-0.3, -0.25) is 14.5 Å². The van der Waals surface area contributed by atoms with E-state index in [1.807, 2.05) is 11.8 Å². The van der Waals surface area contributed by atoms with Gasteiger partial charge in [0.2, 0.25) is 5.91 Å². The predicted octanol–water partition coefficient (Wildman–Crippen LogP) is -0.0659. The van der Waals surface area contributed by atoms with E-state index >= 15 is 0 Å². The minimum absolute atomic E-state index is 0.0409. The zero-order valence-corrected chi connectivity index (χ0v) is 10.7. The molecule has 0 fully saturated rings. The lowest BCUT2D eigenvalue weighted by molar-refractivity contribution is -0.138. The number of nitrogens with one attached hydrogen (secondary N) is 1. The number of likely N-dealkylation sites (N-methyl/N-ethyl adjacent to an activating group) is 1. The van der Waals surface area contributed by atoms with Gasteiger partial charge in [0, 0.05) is 19.7 Å². The van der Waals surface area contributed by atoms with Crippen LogP contribution in [0.25, 0.3) is 0 Å². The molecule has 0 heterocycles. The van der Waals surface area contributed by atoms with Crippen LogP contribution in [0.3, 0.4) is 0 Å². The van der Waals surface area contributed by atoms with Gasteiger partial charge in [0.15, 0.2) is 0 Å². The van der Waals surface area contributed by atoms with Crippen molar-refractivity contribution in [1.82, 2.24) is 10.2 Å². The first-order valence-corrected chi connectivity index (χ1v) is 5.72. The van der Waals surface area contributed by atoms with Crippen LogP contribution in [0.15, 0.2) is 0 Å². The van der Waals surface area contributed by atoms with Gasteiger partial charge >= 0.3 is 5.97 Å². The van der Waals surface area contributed by atoms with Crippen LogP contribution in [0.5, 0.6) is 0 Å². The second-order valence-corrected chi connectivity index (χ2v) is 3.85. The average molecular weight is 246 g/mol. The highest BCUT2D eigenvalue weighted by molar-refractivity contribution is 5.78. The maximum absolute atomic E-state index is 11.5. The van der Waals surface area contributed by atoms with Crippen molar-refractivity contribution in [2.45, 2.75) is 26.3 Å². The van der Waals surface area contributed by atoms with Gasteiger partial charge in [0.1, 0.15) is 0 Å². The normalized spacial score (nSPS) is 12.5. The molecule has 0 bridgehead atoms. The fraction of sp³-hybridized carbons (Fsp3) is 0.818. The summed E-state index contributed by atoms with van der Waals surface area (Å²) in [6, 6.07) is -0.148. The summed E-state index contributed by atoms with van der Waals surface area (Å²) in [6.07, 6.45) is 0.0409. The molecule has 17 heavy (non-hydrogen) atoms. The van der Waals surface area contributed by atoms with E-state index in [1.54, 1.807) is 14.0 Å². The minimum atomic E-state index is -0.851. The molecule has 0 aliphatic carbocycles. The number of aliphatic carboxylic acids is 1. The maximum Gasteiger partial charge on any atom is 0.304 e. The van der Waals surface area contributed by atoms with Crippen molar-refractivity contribution < 1.29 is 19.4 Å². The molecule has 1 atom stereocenters. The van der Waals surface area contributed by atoms with Gasteiger partial charge in [-0.15, -0.1) is 0 Å². The molecule has 0 aromatic carbocycles. The monoisotopic (exact) mass is 246 g/mol. The summed E-state index contributed by atoms with van der Waals surface area (Å²) in [4.78, 5) is 23.9. The van der Waals surface area contributed by atoms with E-state index in [2.05, 4.69) is 5.32 Å². The number of rotatable bonds is 9. The Morgan fingerprint density at radius 1 is 1.47 bits per heavy atom. The number of carbonyl (C=O) groups is 2. The number of hydrogen-bond donors (Lipinski definition) is 2. The molecule has 0 spiro atoms. The second-order valence-electron chi connectivity index (χ2n) is 3.85. The minimum Gasteiger partial charge on any atom is -0.481 e. The number of methoxy groups -OCH3 is 1. The Hall–Kier alpha value is -1.14. The lowest BCUT2D eigenvalue weighted by atomic mass is 10.2. The highest BCUT2D eigenvalue weighted by Gasteiger charge is 2.17. The molecule has 0 radical (unpaired) electrons.